The van der Waals surface area contributed by atoms with Crippen molar-refractivity contribution in [2.24, 2.45) is 5.84 Å². The van der Waals surface area contributed by atoms with Crippen molar-refractivity contribution in [3.8, 4) is 0 Å². The van der Waals surface area contributed by atoms with Crippen molar-refractivity contribution in [3.05, 3.63) is 35.4 Å². The summed E-state index contributed by atoms with van der Waals surface area (Å²) < 4.78 is 5.72. The highest BCUT2D eigenvalue weighted by molar-refractivity contribution is 5.29. The molecule has 1 aliphatic rings. The van der Waals surface area contributed by atoms with Crippen LogP contribution in [-0.4, -0.2) is 12.7 Å². The Morgan fingerprint density at radius 2 is 1.72 bits per heavy atom. The molecule has 1 saturated carbocycles. The zero-order valence-corrected chi connectivity index (χ0v) is 11.6. The molecule has 100 valence electrons. The fourth-order valence-corrected chi connectivity index (χ4v) is 2.76. The van der Waals surface area contributed by atoms with E-state index in [1.54, 1.807) is 7.11 Å². The molecule has 1 aromatic rings. The fourth-order valence-electron chi connectivity index (χ4n) is 2.76. The van der Waals surface area contributed by atoms with Crippen LogP contribution in [0.25, 0.3) is 0 Å². The van der Waals surface area contributed by atoms with Gasteiger partial charge in [0, 0.05) is 7.11 Å². The van der Waals surface area contributed by atoms with Crippen molar-refractivity contribution in [1.82, 2.24) is 5.43 Å². The Labute approximate surface area is 110 Å². The number of hydrogen-bond donors (Lipinski definition) is 2. The van der Waals surface area contributed by atoms with Gasteiger partial charge in [-0.2, -0.15) is 0 Å². The summed E-state index contributed by atoms with van der Waals surface area (Å²) in [6.45, 7) is 4.41. The second-order valence-electron chi connectivity index (χ2n) is 5.54. The Hall–Kier alpha value is -0.900. The minimum atomic E-state index is -0.117. The van der Waals surface area contributed by atoms with E-state index in [0.29, 0.717) is 5.92 Å². The molecule has 3 N–H and O–H groups in total. The minimum Gasteiger partial charge on any atom is -0.376 e. The van der Waals surface area contributed by atoms with E-state index in [2.05, 4.69) is 43.5 Å². The zero-order chi connectivity index (χ0) is 13.2. The largest absolute Gasteiger partial charge is 0.376 e. The van der Waals surface area contributed by atoms with Gasteiger partial charge >= 0.3 is 0 Å². The fraction of sp³-hybridized carbons (Fsp3) is 0.600. The lowest BCUT2D eigenvalue weighted by molar-refractivity contribution is -0.0999. The van der Waals surface area contributed by atoms with Gasteiger partial charge in [-0.3, -0.25) is 11.3 Å². The Kier molecular flexibility index (Phi) is 4.05. The molecule has 1 atom stereocenters. The van der Waals surface area contributed by atoms with Crippen molar-refractivity contribution in [1.29, 1.82) is 0 Å². The van der Waals surface area contributed by atoms with Crippen LogP contribution in [0.5, 0.6) is 0 Å². The second kappa shape index (κ2) is 5.39. The maximum absolute atomic E-state index is 5.74. The number of hydrazine groups is 1. The number of hydrogen-bond acceptors (Lipinski definition) is 3. The van der Waals surface area contributed by atoms with Gasteiger partial charge in [0.15, 0.2) is 0 Å². The molecule has 0 heterocycles. The van der Waals surface area contributed by atoms with Gasteiger partial charge in [-0.25, -0.2) is 0 Å². The van der Waals surface area contributed by atoms with E-state index >= 15 is 0 Å². The summed E-state index contributed by atoms with van der Waals surface area (Å²) in [5.74, 6) is 6.30. The van der Waals surface area contributed by atoms with Crippen molar-refractivity contribution in [3.63, 3.8) is 0 Å². The molecule has 0 amide bonds. The van der Waals surface area contributed by atoms with Gasteiger partial charge in [-0.05, 0) is 36.3 Å². The van der Waals surface area contributed by atoms with Crippen LogP contribution in [0.3, 0.4) is 0 Å². The molecule has 3 heteroatoms. The Morgan fingerprint density at radius 1 is 1.17 bits per heavy atom. The van der Waals surface area contributed by atoms with Gasteiger partial charge in [-0.15, -0.1) is 0 Å². The number of benzene rings is 1. The Morgan fingerprint density at radius 3 is 2.06 bits per heavy atom. The number of ether oxygens (including phenoxy) is 1. The molecule has 0 aromatic heterocycles. The van der Waals surface area contributed by atoms with Crippen molar-refractivity contribution < 1.29 is 4.74 Å². The smallest absolute Gasteiger partial charge is 0.0885 e. The summed E-state index contributed by atoms with van der Waals surface area (Å²) in [7, 11) is 1.78. The van der Waals surface area contributed by atoms with Gasteiger partial charge in [0.1, 0.15) is 0 Å². The van der Waals surface area contributed by atoms with Crippen molar-refractivity contribution in [2.75, 3.05) is 7.11 Å². The molecule has 3 nitrogen and oxygen atoms in total. The Balaban J connectivity index is 2.22. The molecule has 1 aromatic carbocycles. The second-order valence-corrected chi connectivity index (χ2v) is 5.54. The first kappa shape index (κ1) is 13.5. The minimum absolute atomic E-state index is 0.0810. The van der Waals surface area contributed by atoms with E-state index in [1.165, 1.54) is 17.5 Å². The monoisotopic (exact) mass is 248 g/mol. The topological polar surface area (TPSA) is 47.3 Å². The lowest BCUT2D eigenvalue weighted by atomic mass is 9.72. The van der Waals surface area contributed by atoms with E-state index in [4.69, 9.17) is 10.6 Å². The third-order valence-electron chi connectivity index (χ3n) is 4.24. The molecule has 0 saturated heterocycles. The van der Waals surface area contributed by atoms with E-state index in [0.717, 1.165) is 12.8 Å². The first-order valence-corrected chi connectivity index (χ1v) is 6.74. The normalized spacial score (nSPS) is 19.6. The lowest BCUT2D eigenvalue weighted by Gasteiger charge is -2.46. The van der Waals surface area contributed by atoms with Crippen LogP contribution in [-0.2, 0) is 4.74 Å². The third-order valence-corrected chi connectivity index (χ3v) is 4.24. The highest BCUT2D eigenvalue weighted by Crippen LogP contribution is 2.44. The predicted octanol–water partition coefficient (Wildman–Crippen LogP) is 2.88. The zero-order valence-electron chi connectivity index (χ0n) is 11.6. The molecule has 1 fully saturated rings. The molecule has 0 bridgehead atoms. The molecular formula is C15H24N2O. The van der Waals surface area contributed by atoms with Crippen LogP contribution in [0, 0.1) is 0 Å². The van der Waals surface area contributed by atoms with Crippen LogP contribution in [0.2, 0.25) is 0 Å². The number of methoxy groups -OCH3 is 1. The summed E-state index contributed by atoms with van der Waals surface area (Å²) >= 11 is 0. The average molecular weight is 248 g/mol. The van der Waals surface area contributed by atoms with Crippen LogP contribution in [0.15, 0.2) is 24.3 Å². The standard InChI is InChI=1S/C15H24N2O/c1-11(2)12-5-7-13(8-6-12)14(17-16)15(18-3)9-4-10-15/h5-8,11,14,17H,4,9-10,16H2,1-3H3. The lowest BCUT2D eigenvalue weighted by Crippen LogP contribution is -2.52. The predicted molar refractivity (Wildman–Crippen MR) is 74.2 cm³/mol. The van der Waals surface area contributed by atoms with Gasteiger partial charge in [0.25, 0.3) is 0 Å². The van der Waals surface area contributed by atoms with Gasteiger partial charge in [0.05, 0.1) is 11.6 Å². The van der Waals surface area contributed by atoms with Gasteiger partial charge < -0.3 is 4.74 Å². The molecule has 0 spiro atoms. The summed E-state index contributed by atoms with van der Waals surface area (Å²) in [5.41, 5.74) is 5.39. The maximum atomic E-state index is 5.74. The molecule has 2 rings (SSSR count). The van der Waals surface area contributed by atoms with Crippen LogP contribution in [0.4, 0.5) is 0 Å². The van der Waals surface area contributed by atoms with Crippen molar-refractivity contribution >= 4 is 0 Å². The van der Waals surface area contributed by atoms with Crippen molar-refractivity contribution in [2.45, 2.75) is 50.7 Å². The maximum Gasteiger partial charge on any atom is 0.0885 e. The van der Waals surface area contributed by atoms with Gasteiger partial charge in [0.2, 0.25) is 0 Å². The first-order chi connectivity index (χ1) is 8.63. The summed E-state index contributed by atoms with van der Waals surface area (Å²) in [5, 5.41) is 0. The highest BCUT2D eigenvalue weighted by atomic mass is 16.5. The van der Waals surface area contributed by atoms with E-state index in [-0.39, 0.29) is 11.6 Å². The molecule has 1 aliphatic carbocycles. The van der Waals surface area contributed by atoms with E-state index in [9.17, 15) is 0 Å². The summed E-state index contributed by atoms with van der Waals surface area (Å²) in [6.07, 6.45) is 3.37. The summed E-state index contributed by atoms with van der Waals surface area (Å²) in [4.78, 5) is 0. The molecule has 0 radical (unpaired) electrons. The Bertz CT molecular complexity index is 376. The quantitative estimate of drug-likeness (QED) is 0.622. The first-order valence-electron chi connectivity index (χ1n) is 6.74. The molecule has 0 aliphatic heterocycles. The number of nitrogens with one attached hydrogen (secondary N) is 1. The average Bonchev–Trinajstić information content (AvgIpc) is 2.34. The molecule has 1 unspecified atom stereocenters. The van der Waals surface area contributed by atoms with Crippen LogP contribution < -0.4 is 11.3 Å². The molecular weight excluding hydrogens is 224 g/mol. The van der Waals surface area contributed by atoms with E-state index < -0.39 is 0 Å². The number of rotatable bonds is 5. The van der Waals surface area contributed by atoms with Crippen LogP contribution in [0.1, 0.15) is 56.2 Å². The van der Waals surface area contributed by atoms with Crippen LogP contribution >= 0.6 is 0 Å². The van der Waals surface area contributed by atoms with E-state index in [1.807, 2.05) is 0 Å². The SMILES string of the molecule is COC1(C(NN)c2ccc(C(C)C)cc2)CCC1. The molecule has 18 heavy (non-hydrogen) atoms. The number of nitrogens with two attached hydrogens (primary N) is 1. The van der Waals surface area contributed by atoms with Gasteiger partial charge in [-0.1, -0.05) is 38.1 Å². The third kappa shape index (κ3) is 2.30. The summed E-state index contributed by atoms with van der Waals surface area (Å²) in [6, 6.07) is 8.79. The highest BCUT2D eigenvalue weighted by Gasteiger charge is 2.44.